The molecule has 0 atom stereocenters. The Hall–Kier alpha value is -1.91. The van der Waals surface area contributed by atoms with Crippen molar-refractivity contribution >= 4 is 20.2 Å². The SMILES string of the molecule is Cc1ccc(S(=O)(=O)OS(=O)(=O)c2ccc(C)cc2CC(F)(F)F)cc1. The minimum atomic E-state index is -4.98. The van der Waals surface area contributed by atoms with Crippen LogP contribution in [0.15, 0.2) is 52.3 Å². The second-order valence-corrected chi connectivity index (χ2v) is 8.96. The van der Waals surface area contributed by atoms with Gasteiger partial charge in [-0.3, -0.25) is 0 Å². The molecule has 0 aliphatic carbocycles. The third-order valence-corrected chi connectivity index (χ3v) is 6.58. The normalized spacial score (nSPS) is 13.0. The molecule has 0 radical (unpaired) electrons. The maximum Gasteiger partial charge on any atom is 0.393 e. The van der Waals surface area contributed by atoms with Gasteiger partial charge in [0.05, 0.1) is 16.2 Å². The fraction of sp³-hybridized carbons (Fsp3) is 0.250. The van der Waals surface area contributed by atoms with Crippen molar-refractivity contribution in [2.24, 2.45) is 0 Å². The molecule has 142 valence electrons. The van der Waals surface area contributed by atoms with Gasteiger partial charge in [-0.2, -0.15) is 30.0 Å². The van der Waals surface area contributed by atoms with E-state index >= 15 is 0 Å². The van der Waals surface area contributed by atoms with Gasteiger partial charge in [0.25, 0.3) is 0 Å². The summed E-state index contributed by atoms with van der Waals surface area (Å²) in [6.07, 6.45) is -6.20. The van der Waals surface area contributed by atoms with Crippen LogP contribution in [0, 0.1) is 13.8 Å². The van der Waals surface area contributed by atoms with E-state index in [1.54, 1.807) is 6.92 Å². The average molecular weight is 408 g/mol. The number of alkyl halides is 3. The van der Waals surface area contributed by atoms with E-state index < -0.39 is 48.2 Å². The largest absolute Gasteiger partial charge is 0.393 e. The van der Waals surface area contributed by atoms with Crippen molar-refractivity contribution in [3.8, 4) is 0 Å². The molecule has 0 amide bonds. The fourth-order valence-corrected chi connectivity index (χ4v) is 4.91. The van der Waals surface area contributed by atoms with E-state index in [9.17, 15) is 30.0 Å². The standard InChI is InChI=1S/C16H15F3O5S2/c1-11-3-6-14(7-4-11)25(20,21)24-26(22,23)15-8-5-12(2)9-13(15)10-16(17,18)19/h3-9H,10H2,1-2H3. The van der Waals surface area contributed by atoms with Crippen molar-refractivity contribution in [2.75, 3.05) is 0 Å². The third kappa shape index (κ3) is 5.05. The van der Waals surface area contributed by atoms with Crippen molar-refractivity contribution in [1.29, 1.82) is 0 Å². The van der Waals surface area contributed by atoms with Crippen molar-refractivity contribution in [2.45, 2.75) is 36.2 Å². The summed E-state index contributed by atoms with van der Waals surface area (Å²) in [7, 11) is -9.71. The first kappa shape index (κ1) is 20.4. The van der Waals surface area contributed by atoms with Crippen LogP contribution in [0.5, 0.6) is 0 Å². The van der Waals surface area contributed by atoms with Gasteiger partial charge in [0.2, 0.25) is 0 Å². The number of rotatable bonds is 5. The van der Waals surface area contributed by atoms with Gasteiger partial charge in [0.1, 0.15) is 0 Å². The summed E-state index contributed by atoms with van der Waals surface area (Å²) in [6.45, 7) is 3.18. The Labute approximate surface area is 149 Å². The molecule has 5 nitrogen and oxygen atoms in total. The van der Waals surface area contributed by atoms with E-state index in [1.807, 2.05) is 0 Å². The molecule has 0 fully saturated rings. The predicted octanol–water partition coefficient (Wildman–Crippen LogP) is 3.50. The van der Waals surface area contributed by atoms with Gasteiger partial charge in [-0.15, -0.1) is 3.63 Å². The summed E-state index contributed by atoms with van der Waals surface area (Å²) in [6, 6.07) is 8.35. The lowest BCUT2D eigenvalue weighted by atomic mass is 10.1. The maximum absolute atomic E-state index is 12.7. The number of hydrogen-bond donors (Lipinski definition) is 0. The molecule has 0 bridgehead atoms. The summed E-state index contributed by atoms with van der Waals surface area (Å²) >= 11 is 0. The zero-order valence-corrected chi connectivity index (χ0v) is 15.4. The molecule has 0 saturated carbocycles. The van der Waals surface area contributed by atoms with Gasteiger partial charge in [0.15, 0.2) is 0 Å². The van der Waals surface area contributed by atoms with Crippen molar-refractivity contribution in [1.82, 2.24) is 0 Å². The van der Waals surface area contributed by atoms with Crippen LogP contribution in [0.3, 0.4) is 0 Å². The van der Waals surface area contributed by atoms with Crippen LogP contribution < -0.4 is 0 Å². The third-order valence-electron chi connectivity index (χ3n) is 3.37. The van der Waals surface area contributed by atoms with E-state index in [2.05, 4.69) is 3.63 Å². The molecule has 0 heterocycles. The summed E-state index contributed by atoms with van der Waals surface area (Å²) in [5.41, 5.74) is 0.541. The highest BCUT2D eigenvalue weighted by atomic mass is 32.3. The summed E-state index contributed by atoms with van der Waals surface area (Å²) in [4.78, 5) is -1.26. The van der Waals surface area contributed by atoms with Crippen LogP contribution >= 0.6 is 0 Å². The molecule has 2 rings (SSSR count). The minimum absolute atomic E-state index is 0.393. The van der Waals surface area contributed by atoms with E-state index in [4.69, 9.17) is 0 Å². The van der Waals surface area contributed by atoms with Crippen LogP contribution in [0.2, 0.25) is 0 Å². The smallest absolute Gasteiger partial charge is 0.193 e. The fourth-order valence-electron chi connectivity index (χ4n) is 2.21. The van der Waals surface area contributed by atoms with Crippen molar-refractivity contribution in [3.63, 3.8) is 0 Å². The minimum Gasteiger partial charge on any atom is -0.193 e. The molecule has 0 unspecified atom stereocenters. The highest BCUT2D eigenvalue weighted by Gasteiger charge is 2.34. The monoisotopic (exact) mass is 408 g/mol. The maximum atomic E-state index is 12.7. The van der Waals surface area contributed by atoms with E-state index in [0.29, 0.717) is 5.56 Å². The number of benzene rings is 2. The van der Waals surface area contributed by atoms with Crippen molar-refractivity contribution in [3.05, 3.63) is 59.2 Å². The summed E-state index contributed by atoms with van der Waals surface area (Å²) < 4.78 is 91.5. The molecule has 10 heteroatoms. The summed E-state index contributed by atoms with van der Waals surface area (Å²) in [5.74, 6) is 0. The van der Waals surface area contributed by atoms with E-state index in [-0.39, 0.29) is 0 Å². The number of hydrogen-bond acceptors (Lipinski definition) is 5. The quantitative estimate of drug-likeness (QED) is 0.757. The molecule has 26 heavy (non-hydrogen) atoms. The molecule has 0 aliphatic heterocycles. The van der Waals surface area contributed by atoms with Gasteiger partial charge in [-0.1, -0.05) is 35.4 Å². The Bertz CT molecular complexity index is 1010. The highest BCUT2D eigenvalue weighted by Crippen LogP contribution is 2.29. The first-order valence-electron chi connectivity index (χ1n) is 7.24. The Morgan fingerprint density at radius 3 is 1.92 bits per heavy atom. The van der Waals surface area contributed by atoms with Gasteiger partial charge < -0.3 is 0 Å². The highest BCUT2D eigenvalue weighted by molar-refractivity contribution is 8.00. The molecule has 0 spiro atoms. The predicted molar refractivity (Wildman–Crippen MR) is 87.6 cm³/mol. The average Bonchev–Trinajstić information content (AvgIpc) is 2.44. The molecule has 0 aliphatic rings. The van der Waals surface area contributed by atoms with Gasteiger partial charge in [-0.05, 0) is 37.6 Å². The Morgan fingerprint density at radius 2 is 1.38 bits per heavy atom. The second kappa shape index (κ2) is 7.01. The number of halogens is 3. The van der Waals surface area contributed by atoms with Gasteiger partial charge in [-0.25, -0.2) is 0 Å². The lowest BCUT2D eigenvalue weighted by molar-refractivity contribution is -0.127. The second-order valence-electron chi connectivity index (χ2n) is 5.69. The van der Waals surface area contributed by atoms with Crippen LogP contribution in [-0.2, 0) is 30.3 Å². The molecule has 0 saturated heterocycles. The van der Waals surface area contributed by atoms with Crippen LogP contribution in [-0.4, -0.2) is 23.0 Å². The molecule has 2 aromatic rings. The van der Waals surface area contributed by atoms with Gasteiger partial charge >= 0.3 is 26.4 Å². The summed E-state index contributed by atoms with van der Waals surface area (Å²) in [5, 5.41) is 0. The lowest BCUT2D eigenvalue weighted by Gasteiger charge is -2.13. The van der Waals surface area contributed by atoms with E-state index in [1.165, 1.54) is 25.1 Å². The topological polar surface area (TPSA) is 77.5 Å². The first-order valence-corrected chi connectivity index (χ1v) is 10.1. The zero-order valence-electron chi connectivity index (χ0n) is 13.7. The Kier molecular flexibility index (Phi) is 5.50. The molecule has 0 aromatic heterocycles. The molecule has 2 aromatic carbocycles. The first-order chi connectivity index (χ1) is 11.8. The Morgan fingerprint density at radius 1 is 0.846 bits per heavy atom. The molecular weight excluding hydrogens is 393 g/mol. The molecular formula is C16H15F3O5S2. The number of aryl methyl sites for hydroxylation is 2. The van der Waals surface area contributed by atoms with Crippen LogP contribution in [0.4, 0.5) is 13.2 Å². The lowest BCUT2D eigenvalue weighted by Crippen LogP contribution is -2.19. The van der Waals surface area contributed by atoms with Gasteiger partial charge in [0, 0.05) is 0 Å². The van der Waals surface area contributed by atoms with Crippen LogP contribution in [0.1, 0.15) is 16.7 Å². The molecule has 0 N–H and O–H groups in total. The Balaban J connectivity index is 2.46. The van der Waals surface area contributed by atoms with Crippen LogP contribution in [0.25, 0.3) is 0 Å². The van der Waals surface area contributed by atoms with E-state index in [0.717, 1.165) is 29.8 Å². The van der Waals surface area contributed by atoms with Crippen molar-refractivity contribution < 1.29 is 33.6 Å². The zero-order chi connectivity index (χ0) is 19.8.